The van der Waals surface area contributed by atoms with Gasteiger partial charge in [0.05, 0.1) is 24.0 Å². The molecule has 4 nitrogen and oxygen atoms in total. The molecule has 0 bridgehead atoms. The van der Waals surface area contributed by atoms with Crippen LogP contribution in [0, 0.1) is 0 Å². The van der Waals surface area contributed by atoms with Gasteiger partial charge in [-0.3, -0.25) is 0 Å². The van der Waals surface area contributed by atoms with Crippen LogP contribution >= 0.6 is 0 Å². The highest BCUT2D eigenvalue weighted by molar-refractivity contribution is 5.92. The molecule has 0 aromatic heterocycles. The van der Waals surface area contributed by atoms with Crippen molar-refractivity contribution >= 4 is 23.0 Å². The zero-order chi connectivity index (χ0) is 20.0. The number of hydrogen-bond acceptors (Lipinski definition) is 4. The van der Waals surface area contributed by atoms with Gasteiger partial charge in [0.25, 0.3) is 0 Å². The van der Waals surface area contributed by atoms with E-state index in [0.29, 0.717) is 11.3 Å². The topological polar surface area (TPSA) is 55.6 Å². The Labute approximate surface area is 162 Å². The summed E-state index contributed by atoms with van der Waals surface area (Å²) in [6.45, 7) is 9.30. The van der Waals surface area contributed by atoms with Crippen molar-refractivity contribution in [3.63, 3.8) is 0 Å². The molecule has 0 aliphatic heterocycles. The number of benzene rings is 2. The number of methoxy groups -OCH3 is 1. The first kappa shape index (κ1) is 19.3. The number of rotatable bonds is 3. The molecule has 3 rings (SSSR count). The highest BCUT2D eigenvalue weighted by atomic mass is 16.5. The molecule has 2 N–H and O–H groups in total. The molecule has 0 amide bonds. The van der Waals surface area contributed by atoms with E-state index >= 15 is 0 Å². The van der Waals surface area contributed by atoms with Crippen LogP contribution in [0.25, 0.3) is 0 Å². The van der Waals surface area contributed by atoms with E-state index < -0.39 is 0 Å². The lowest BCUT2D eigenvalue weighted by molar-refractivity contribution is 0.0601. The number of fused-ring (bicyclic) bond motifs is 1. The molecule has 0 spiro atoms. The lowest BCUT2D eigenvalue weighted by Crippen LogP contribution is -2.34. The second-order valence-electron chi connectivity index (χ2n) is 8.82. The van der Waals surface area contributed by atoms with Crippen LogP contribution in [0.15, 0.2) is 36.4 Å². The molecule has 0 fully saturated rings. The van der Waals surface area contributed by atoms with Crippen molar-refractivity contribution in [2.24, 2.45) is 0 Å². The van der Waals surface area contributed by atoms with E-state index in [9.17, 15) is 4.79 Å². The second-order valence-corrected chi connectivity index (χ2v) is 8.82. The first-order chi connectivity index (χ1) is 12.6. The third kappa shape index (κ3) is 3.41. The van der Waals surface area contributed by atoms with E-state index in [1.165, 1.54) is 31.1 Å². The van der Waals surface area contributed by atoms with Crippen LogP contribution in [-0.4, -0.2) is 20.1 Å². The first-order valence-electron chi connectivity index (χ1n) is 9.43. The smallest absolute Gasteiger partial charge is 0.337 e. The van der Waals surface area contributed by atoms with Crippen molar-refractivity contribution in [3.8, 4) is 0 Å². The van der Waals surface area contributed by atoms with Gasteiger partial charge in [-0.25, -0.2) is 4.79 Å². The minimum absolute atomic E-state index is 0.155. The molecular formula is C23H30N2O2. The van der Waals surface area contributed by atoms with Gasteiger partial charge < -0.3 is 15.4 Å². The zero-order valence-electron chi connectivity index (χ0n) is 17.2. The van der Waals surface area contributed by atoms with E-state index in [1.807, 2.05) is 13.1 Å². The fourth-order valence-electron chi connectivity index (χ4n) is 4.03. The average Bonchev–Trinajstić information content (AvgIpc) is 2.64. The van der Waals surface area contributed by atoms with Crippen LogP contribution in [0.1, 0.15) is 62.0 Å². The van der Waals surface area contributed by atoms with Crippen LogP contribution < -0.4 is 10.6 Å². The van der Waals surface area contributed by atoms with Crippen molar-refractivity contribution in [2.75, 3.05) is 24.8 Å². The summed E-state index contributed by atoms with van der Waals surface area (Å²) in [5, 5.41) is 0. The number of nitrogen functional groups attached to an aromatic ring is 1. The summed E-state index contributed by atoms with van der Waals surface area (Å²) in [5.74, 6) is -0.381. The Kier molecular flexibility index (Phi) is 4.71. The maximum Gasteiger partial charge on any atom is 0.337 e. The Morgan fingerprint density at radius 1 is 1.00 bits per heavy atom. The Morgan fingerprint density at radius 3 is 2.22 bits per heavy atom. The van der Waals surface area contributed by atoms with Gasteiger partial charge in [-0.15, -0.1) is 0 Å². The van der Waals surface area contributed by atoms with Crippen molar-refractivity contribution in [1.29, 1.82) is 0 Å². The maximum absolute atomic E-state index is 11.7. The number of esters is 1. The predicted octanol–water partition coefficient (Wildman–Crippen LogP) is 5.17. The van der Waals surface area contributed by atoms with Crippen molar-refractivity contribution in [1.82, 2.24) is 0 Å². The van der Waals surface area contributed by atoms with E-state index in [2.05, 4.69) is 50.8 Å². The molecule has 0 unspecified atom stereocenters. The van der Waals surface area contributed by atoms with Gasteiger partial charge in [-0.2, -0.15) is 0 Å². The highest BCUT2D eigenvalue weighted by Crippen LogP contribution is 2.47. The maximum atomic E-state index is 11.7. The molecule has 1 aliphatic carbocycles. The minimum Gasteiger partial charge on any atom is -0.465 e. The number of nitrogens with zero attached hydrogens (tertiary/aromatic N) is 1. The number of ether oxygens (including phenoxy) is 1. The molecule has 0 atom stereocenters. The Hall–Kier alpha value is -2.49. The molecule has 0 saturated heterocycles. The number of carbonyl (C=O) groups is 1. The van der Waals surface area contributed by atoms with Crippen molar-refractivity contribution in [2.45, 2.75) is 51.4 Å². The average molecular weight is 367 g/mol. The minimum atomic E-state index is -0.381. The summed E-state index contributed by atoms with van der Waals surface area (Å²) in [6.07, 6.45) is 2.38. The Bertz CT molecular complexity index is 884. The zero-order valence-corrected chi connectivity index (χ0v) is 17.2. The Morgan fingerprint density at radius 2 is 1.63 bits per heavy atom. The fraction of sp³-hybridized carbons (Fsp3) is 0.435. The largest absolute Gasteiger partial charge is 0.465 e. The quantitative estimate of drug-likeness (QED) is 0.601. The van der Waals surface area contributed by atoms with Gasteiger partial charge in [0, 0.05) is 12.7 Å². The highest BCUT2D eigenvalue weighted by Gasteiger charge is 2.37. The van der Waals surface area contributed by atoms with E-state index in [-0.39, 0.29) is 16.8 Å². The Balaban J connectivity index is 2.02. The number of nitrogens with two attached hydrogens (primary N) is 1. The standard InChI is InChI=1S/C23H30N2O2/c1-22(2)11-12-23(3,4)18-14-16(8-9-17(18)22)25(5)20-10-7-15(13-19(20)24)21(26)27-6/h7-10,13-14H,11-12,24H2,1-6H3. The van der Waals surface area contributed by atoms with Gasteiger partial charge in [0.2, 0.25) is 0 Å². The van der Waals surface area contributed by atoms with Crippen LogP contribution in [0.3, 0.4) is 0 Å². The molecule has 144 valence electrons. The number of hydrogen-bond donors (Lipinski definition) is 1. The molecule has 0 saturated carbocycles. The third-order valence-corrected chi connectivity index (χ3v) is 6.03. The summed E-state index contributed by atoms with van der Waals surface area (Å²) >= 11 is 0. The molecule has 0 heterocycles. The summed E-state index contributed by atoms with van der Waals surface area (Å²) < 4.78 is 4.77. The molecule has 2 aromatic rings. The van der Waals surface area contributed by atoms with Gasteiger partial charge in [-0.05, 0) is 65.1 Å². The van der Waals surface area contributed by atoms with Gasteiger partial charge >= 0.3 is 5.97 Å². The molecule has 2 aromatic carbocycles. The normalized spacial score (nSPS) is 17.1. The van der Waals surface area contributed by atoms with Crippen LogP contribution in [0.2, 0.25) is 0 Å². The molecule has 0 radical (unpaired) electrons. The molecule has 1 aliphatic rings. The lowest BCUT2D eigenvalue weighted by Gasteiger charge is -2.42. The third-order valence-electron chi connectivity index (χ3n) is 6.03. The first-order valence-corrected chi connectivity index (χ1v) is 9.43. The molecular weight excluding hydrogens is 336 g/mol. The second kappa shape index (κ2) is 6.59. The fourth-order valence-corrected chi connectivity index (χ4v) is 4.03. The van der Waals surface area contributed by atoms with Gasteiger partial charge in [0.15, 0.2) is 0 Å². The van der Waals surface area contributed by atoms with Crippen LogP contribution in [0.4, 0.5) is 17.1 Å². The van der Waals surface area contributed by atoms with Gasteiger partial charge in [0.1, 0.15) is 0 Å². The SMILES string of the molecule is COC(=O)c1ccc(N(C)c2ccc3c(c2)C(C)(C)CCC3(C)C)c(N)c1. The van der Waals surface area contributed by atoms with Crippen LogP contribution in [0.5, 0.6) is 0 Å². The summed E-state index contributed by atoms with van der Waals surface area (Å²) in [6, 6.07) is 12.0. The number of carbonyl (C=O) groups excluding carboxylic acids is 1. The summed E-state index contributed by atoms with van der Waals surface area (Å²) in [4.78, 5) is 13.8. The predicted molar refractivity (Wildman–Crippen MR) is 112 cm³/mol. The number of anilines is 3. The van der Waals surface area contributed by atoms with E-state index in [0.717, 1.165) is 11.4 Å². The summed E-state index contributed by atoms with van der Waals surface area (Å²) in [5.41, 5.74) is 12.4. The van der Waals surface area contributed by atoms with Crippen molar-refractivity contribution in [3.05, 3.63) is 53.1 Å². The molecule has 4 heteroatoms. The van der Waals surface area contributed by atoms with Crippen molar-refractivity contribution < 1.29 is 9.53 Å². The van der Waals surface area contributed by atoms with E-state index in [4.69, 9.17) is 10.5 Å². The van der Waals surface area contributed by atoms with Crippen LogP contribution in [-0.2, 0) is 15.6 Å². The monoisotopic (exact) mass is 366 g/mol. The van der Waals surface area contributed by atoms with E-state index in [1.54, 1.807) is 12.1 Å². The summed E-state index contributed by atoms with van der Waals surface area (Å²) in [7, 11) is 3.38. The lowest BCUT2D eigenvalue weighted by atomic mass is 9.63. The molecule has 27 heavy (non-hydrogen) atoms. The van der Waals surface area contributed by atoms with Gasteiger partial charge in [-0.1, -0.05) is 33.8 Å².